The molecule has 6 heteroatoms. The molecule has 0 aliphatic heterocycles. The average Bonchev–Trinajstić information content (AvgIpc) is 2.99. The van der Waals surface area contributed by atoms with Crippen molar-refractivity contribution in [3.63, 3.8) is 0 Å². The van der Waals surface area contributed by atoms with E-state index < -0.39 is 12.1 Å². The van der Waals surface area contributed by atoms with Crippen LogP contribution < -0.4 is 0 Å². The molecule has 1 atom stereocenters. The first-order chi connectivity index (χ1) is 8.69. The van der Waals surface area contributed by atoms with Crippen molar-refractivity contribution in [2.24, 2.45) is 5.92 Å². The van der Waals surface area contributed by atoms with Gasteiger partial charge in [0.1, 0.15) is 0 Å². The van der Waals surface area contributed by atoms with Gasteiger partial charge in [0.15, 0.2) is 5.69 Å². The third-order valence-corrected chi connectivity index (χ3v) is 3.41. The number of aliphatic hydroxyl groups is 1. The van der Waals surface area contributed by atoms with Crippen LogP contribution in [0.25, 0.3) is 0 Å². The van der Waals surface area contributed by atoms with Crippen molar-refractivity contribution in [1.29, 1.82) is 0 Å². The van der Waals surface area contributed by atoms with Gasteiger partial charge in [0.25, 0.3) is 0 Å². The highest BCUT2D eigenvalue weighted by molar-refractivity contribution is 5.86. The van der Waals surface area contributed by atoms with E-state index in [-0.39, 0.29) is 5.69 Å². The predicted molar refractivity (Wildman–Crippen MR) is 63.9 cm³/mol. The molecule has 1 unspecified atom stereocenters. The van der Waals surface area contributed by atoms with Crippen LogP contribution in [-0.2, 0) is 11.3 Å². The highest BCUT2D eigenvalue weighted by atomic mass is 16.5. The van der Waals surface area contributed by atoms with E-state index in [1.54, 1.807) is 0 Å². The van der Waals surface area contributed by atoms with Crippen LogP contribution in [0.1, 0.15) is 42.6 Å². The van der Waals surface area contributed by atoms with Gasteiger partial charge in [-0.15, -0.1) is 5.10 Å². The van der Waals surface area contributed by atoms with E-state index in [1.165, 1.54) is 43.7 Å². The molecule has 0 spiro atoms. The first-order valence-corrected chi connectivity index (χ1v) is 6.35. The van der Waals surface area contributed by atoms with E-state index in [1.807, 2.05) is 0 Å². The second-order valence-corrected chi connectivity index (χ2v) is 4.86. The lowest BCUT2D eigenvalue weighted by Gasteiger charge is -2.14. The standard InChI is InChI=1S/C12H19N3O3/c1-18-12(17)11-8-15(14-13-11)7-10(16)6-9-4-2-3-5-9/h8-10,16H,2-7H2,1H3. The number of esters is 1. The van der Waals surface area contributed by atoms with Gasteiger partial charge in [-0.25, -0.2) is 9.48 Å². The maximum atomic E-state index is 11.2. The topological polar surface area (TPSA) is 77.2 Å². The number of aromatic nitrogens is 3. The van der Waals surface area contributed by atoms with Crippen molar-refractivity contribution < 1.29 is 14.6 Å². The number of hydrogen-bond donors (Lipinski definition) is 1. The molecule has 1 heterocycles. The molecule has 6 nitrogen and oxygen atoms in total. The van der Waals surface area contributed by atoms with Gasteiger partial charge < -0.3 is 9.84 Å². The molecule has 1 N–H and O–H groups in total. The summed E-state index contributed by atoms with van der Waals surface area (Å²) in [6.07, 6.45) is 6.83. The normalized spacial score (nSPS) is 17.9. The van der Waals surface area contributed by atoms with Crippen LogP contribution in [0.3, 0.4) is 0 Å². The highest BCUT2D eigenvalue weighted by Crippen LogP contribution is 2.28. The SMILES string of the molecule is COC(=O)c1cn(CC(O)CC2CCCC2)nn1. The fourth-order valence-electron chi connectivity index (χ4n) is 2.51. The van der Waals surface area contributed by atoms with Crippen molar-refractivity contribution in [3.05, 3.63) is 11.9 Å². The Morgan fingerprint density at radius 3 is 3.00 bits per heavy atom. The molecule has 18 heavy (non-hydrogen) atoms. The van der Waals surface area contributed by atoms with Crippen molar-refractivity contribution in [3.8, 4) is 0 Å². The largest absolute Gasteiger partial charge is 0.464 e. The molecule has 1 aliphatic rings. The number of hydrogen-bond acceptors (Lipinski definition) is 5. The minimum Gasteiger partial charge on any atom is -0.464 e. The zero-order valence-corrected chi connectivity index (χ0v) is 10.6. The van der Waals surface area contributed by atoms with Crippen molar-refractivity contribution in [1.82, 2.24) is 15.0 Å². The third-order valence-electron chi connectivity index (χ3n) is 3.41. The van der Waals surface area contributed by atoms with Gasteiger partial charge in [0.05, 0.1) is 26.0 Å². The number of rotatable bonds is 5. The van der Waals surface area contributed by atoms with Gasteiger partial charge in [-0.3, -0.25) is 0 Å². The van der Waals surface area contributed by atoms with Crippen molar-refractivity contribution in [2.75, 3.05) is 7.11 Å². The fraction of sp³-hybridized carbons (Fsp3) is 0.750. The van der Waals surface area contributed by atoms with Crippen molar-refractivity contribution in [2.45, 2.75) is 44.8 Å². The maximum Gasteiger partial charge on any atom is 0.360 e. The molecular weight excluding hydrogens is 234 g/mol. The van der Waals surface area contributed by atoms with Crippen LogP contribution in [0.4, 0.5) is 0 Å². The van der Waals surface area contributed by atoms with Crippen LogP contribution >= 0.6 is 0 Å². The fourth-order valence-corrected chi connectivity index (χ4v) is 2.51. The molecule has 1 aromatic heterocycles. The summed E-state index contributed by atoms with van der Waals surface area (Å²) in [5.41, 5.74) is 0.172. The lowest BCUT2D eigenvalue weighted by atomic mass is 10.0. The Balaban J connectivity index is 1.84. The van der Waals surface area contributed by atoms with E-state index >= 15 is 0 Å². The molecule has 1 aliphatic carbocycles. The van der Waals surface area contributed by atoms with E-state index in [4.69, 9.17) is 0 Å². The summed E-state index contributed by atoms with van der Waals surface area (Å²) < 4.78 is 6.04. The molecule has 1 fully saturated rings. The minimum absolute atomic E-state index is 0.172. The van der Waals surface area contributed by atoms with E-state index in [2.05, 4.69) is 15.0 Å². The summed E-state index contributed by atoms with van der Waals surface area (Å²) in [5.74, 6) is 0.120. The van der Waals surface area contributed by atoms with Crippen LogP contribution in [0.15, 0.2) is 6.20 Å². The first kappa shape index (κ1) is 13.0. The summed E-state index contributed by atoms with van der Waals surface area (Å²) in [5, 5.41) is 17.5. The molecular formula is C12H19N3O3. The second kappa shape index (κ2) is 5.95. The molecule has 0 saturated heterocycles. The predicted octanol–water partition coefficient (Wildman–Crippen LogP) is 1.01. The Kier molecular flexibility index (Phi) is 4.30. The number of aliphatic hydroxyl groups excluding tert-OH is 1. The average molecular weight is 253 g/mol. The lowest BCUT2D eigenvalue weighted by Crippen LogP contribution is -2.19. The van der Waals surface area contributed by atoms with Gasteiger partial charge in [0, 0.05) is 0 Å². The van der Waals surface area contributed by atoms with E-state index in [0.29, 0.717) is 12.5 Å². The zero-order valence-electron chi connectivity index (χ0n) is 10.6. The van der Waals surface area contributed by atoms with Crippen molar-refractivity contribution >= 4 is 5.97 Å². The lowest BCUT2D eigenvalue weighted by molar-refractivity contribution is 0.0593. The first-order valence-electron chi connectivity index (χ1n) is 6.35. The van der Waals surface area contributed by atoms with Crippen LogP contribution in [0, 0.1) is 5.92 Å². The summed E-state index contributed by atoms with van der Waals surface area (Å²) in [6, 6.07) is 0. The Hall–Kier alpha value is -1.43. The van der Waals surface area contributed by atoms with Gasteiger partial charge in [-0.05, 0) is 12.3 Å². The number of carbonyl (C=O) groups excluding carboxylic acids is 1. The Bertz CT molecular complexity index is 399. The summed E-state index contributed by atoms with van der Waals surface area (Å²) in [4.78, 5) is 11.2. The smallest absolute Gasteiger partial charge is 0.360 e. The summed E-state index contributed by atoms with van der Waals surface area (Å²) in [6.45, 7) is 0.375. The Labute approximate surface area is 106 Å². The third kappa shape index (κ3) is 3.29. The molecule has 1 aromatic rings. The molecule has 100 valence electrons. The Morgan fingerprint density at radius 2 is 2.33 bits per heavy atom. The zero-order chi connectivity index (χ0) is 13.0. The molecule has 1 saturated carbocycles. The van der Waals surface area contributed by atoms with Crippen LogP contribution in [0.5, 0.6) is 0 Å². The van der Waals surface area contributed by atoms with Gasteiger partial charge in [-0.2, -0.15) is 0 Å². The number of methoxy groups -OCH3 is 1. The molecule has 2 rings (SSSR count). The maximum absolute atomic E-state index is 11.2. The highest BCUT2D eigenvalue weighted by Gasteiger charge is 2.20. The second-order valence-electron chi connectivity index (χ2n) is 4.86. The summed E-state index contributed by atoms with van der Waals surface area (Å²) in [7, 11) is 1.30. The van der Waals surface area contributed by atoms with Crippen LogP contribution in [-0.4, -0.2) is 39.3 Å². The van der Waals surface area contributed by atoms with E-state index in [9.17, 15) is 9.90 Å². The van der Waals surface area contributed by atoms with E-state index in [0.717, 1.165) is 6.42 Å². The van der Waals surface area contributed by atoms with Crippen LogP contribution in [0.2, 0.25) is 0 Å². The monoisotopic (exact) mass is 253 g/mol. The molecule has 0 amide bonds. The number of nitrogens with zero attached hydrogens (tertiary/aromatic N) is 3. The molecule has 0 radical (unpaired) electrons. The Morgan fingerprint density at radius 1 is 1.61 bits per heavy atom. The molecule has 0 aromatic carbocycles. The minimum atomic E-state index is -0.508. The molecule has 0 bridgehead atoms. The number of ether oxygens (including phenoxy) is 1. The number of carbonyl (C=O) groups is 1. The van der Waals surface area contributed by atoms with Gasteiger partial charge >= 0.3 is 5.97 Å². The van der Waals surface area contributed by atoms with Gasteiger partial charge in [0.2, 0.25) is 0 Å². The quantitative estimate of drug-likeness (QED) is 0.792. The summed E-state index contributed by atoms with van der Waals surface area (Å²) >= 11 is 0. The van der Waals surface area contributed by atoms with Gasteiger partial charge in [-0.1, -0.05) is 30.9 Å².